The van der Waals surface area contributed by atoms with Crippen LogP contribution in [0.15, 0.2) is 53.4 Å². The Labute approximate surface area is 161 Å². The highest BCUT2D eigenvalue weighted by Gasteiger charge is 2.21. The third-order valence-electron chi connectivity index (χ3n) is 3.72. The summed E-state index contributed by atoms with van der Waals surface area (Å²) in [5.74, 6) is -1.68. The Hall–Kier alpha value is -2.82. The molecule has 28 heavy (non-hydrogen) atoms. The number of hydrogen-bond acceptors (Lipinski definition) is 6. The van der Waals surface area contributed by atoms with Gasteiger partial charge in [-0.05, 0) is 42.0 Å². The first-order valence-corrected chi connectivity index (χ1v) is 9.49. The van der Waals surface area contributed by atoms with Crippen molar-refractivity contribution in [2.75, 3.05) is 20.8 Å². The van der Waals surface area contributed by atoms with Gasteiger partial charge in [-0.25, -0.2) is 17.6 Å². The average Bonchev–Trinajstić information content (AvgIpc) is 2.70. The lowest BCUT2D eigenvalue weighted by atomic mass is 10.2. The minimum absolute atomic E-state index is 0.0644. The number of rotatable bonds is 8. The number of carbonyl (C=O) groups excluding carboxylic acids is 2. The lowest BCUT2D eigenvalue weighted by Gasteiger charge is -2.14. The molecule has 0 saturated heterocycles. The van der Waals surface area contributed by atoms with E-state index in [1.807, 2.05) is 0 Å². The Morgan fingerprint density at radius 2 is 1.68 bits per heavy atom. The Balaban J connectivity index is 1.87. The summed E-state index contributed by atoms with van der Waals surface area (Å²) in [6.07, 6.45) is 0. The van der Waals surface area contributed by atoms with Gasteiger partial charge >= 0.3 is 5.97 Å². The number of ether oxygens (including phenoxy) is 1. The van der Waals surface area contributed by atoms with Crippen LogP contribution in [0.1, 0.15) is 15.9 Å². The van der Waals surface area contributed by atoms with Crippen molar-refractivity contribution >= 4 is 21.9 Å². The fraction of sp³-hybridized carbons (Fsp3) is 0.222. The molecule has 0 saturated carbocycles. The monoisotopic (exact) mass is 410 g/mol. The smallest absolute Gasteiger partial charge is 0.338 e. The summed E-state index contributed by atoms with van der Waals surface area (Å²) >= 11 is 0. The van der Waals surface area contributed by atoms with Gasteiger partial charge in [0.1, 0.15) is 5.82 Å². The molecule has 0 spiro atoms. The number of sulfonamides is 1. The van der Waals surface area contributed by atoms with Crippen molar-refractivity contribution < 1.29 is 32.0 Å². The van der Waals surface area contributed by atoms with E-state index in [4.69, 9.17) is 4.74 Å². The number of hydroxylamine groups is 1. The maximum absolute atomic E-state index is 12.8. The van der Waals surface area contributed by atoms with Gasteiger partial charge in [0, 0.05) is 13.6 Å². The molecule has 1 N–H and O–H groups in total. The molecule has 150 valence electrons. The molecule has 2 aromatic rings. The quantitative estimate of drug-likeness (QED) is 0.523. The number of amides is 1. The second kappa shape index (κ2) is 9.40. The van der Waals surface area contributed by atoms with Crippen LogP contribution in [-0.2, 0) is 30.9 Å². The second-order valence-electron chi connectivity index (χ2n) is 5.60. The van der Waals surface area contributed by atoms with E-state index in [0.29, 0.717) is 10.0 Å². The van der Waals surface area contributed by atoms with Crippen LogP contribution >= 0.6 is 0 Å². The molecule has 2 aromatic carbocycles. The highest BCUT2D eigenvalue weighted by atomic mass is 32.2. The van der Waals surface area contributed by atoms with Gasteiger partial charge in [0.2, 0.25) is 0 Å². The molecule has 0 bridgehead atoms. The standard InChI is InChI=1S/C18H19FN2O6S/c1-21(26-2)28(24,25)16-9-5-14(6-10-16)18(23)27-12-17(22)20-11-13-3-7-15(19)8-4-13/h3-10H,11-12H2,1-2H3,(H,20,22). The van der Waals surface area contributed by atoms with Crippen LogP contribution in [0.2, 0.25) is 0 Å². The van der Waals surface area contributed by atoms with Crippen molar-refractivity contribution in [3.63, 3.8) is 0 Å². The summed E-state index contributed by atoms with van der Waals surface area (Å²) in [6, 6.07) is 10.6. The van der Waals surface area contributed by atoms with E-state index >= 15 is 0 Å². The summed E-state index contributed by atoms with van der Waals surface area (Å²) in [7, 11) is -1.37. The normalized spacial score (nSPS) is 11.3. The molecule has 0 radical (unpaired) electrons. The largest absolute Gasteiger partial charge is 0.452 e. The van der Waals surface area contributed by atoms with Gasteiger partial charge in [0.15, 0.2) is 6.61 Å². The molecule has 0 aliphatic heterocycles. The first kappa shape index (κ1) is 21.5. The Morgan fingerprint density at radius 3 is 2.25 bits per heavy atom. The van der Waals surface area contributed by atoms with Gasteiger partial charge < -0.3 is 10.1 Å². The van der Waals surface area contributed by atoms with Crippen molar-refractivity contribution in [1.82, 2.24) is 9.79 Å². The summed E-state index contributed by atoms with van der Waals surface area (Å²) in [4.78, 5) is 28.3. The molecule has 0 heterocycles. The third-order valence-corrected chi connectivity index (χ3v) is 5.41. The molecule has 2 rings (SSSR count). The number of hydrogen-bond donors (Lipinski definition) is 1. The van der Waals surface area contributed by atoms with Crippen LogP contribution in [-0.4, -0.2) is 45.5 Å². The van der Waals surface area contributed by atoms with Crippen molar-refractivity contribution in [3.05, 3.63) is 65.5 Å². The molecule has 0 aliphatic carbocycles. The van der Waals surface area contributed by atoms with Gasteiger partial charge in [-0.1, -0.05) is 16.6 Å². The SMILES string of the molecule is CON(C)S(=O)(=O)c1ccc(C(=O)OCC(=O)NCc2ccc(F)cc2)cc1. The predicted octanol–water partition coefficient (Wildman–Crippen LogP) is 1.48. The molecule has 0 fully saturated rings. The number of halogens is 1. The third kappa shape index (κ3) is 5.59. The maximum atomic E-state index is 12.8. The number of esters is 1. The van der Waals surface area contributed by atoms with Crippen LogP contribution in [0.3, 0.4) is 0 Å². The molecule has 8 nitrogen and oxygen atoms in total. The van der Waals surface area contributed by atoms with Crippen LogP contribution in [0.25, 0.3) is 0 Å². The number of carbonyl (C=O) groups is 2. The van der Waals surface area contributed by atoms with E-state index in [1.165, 1.54) is 62.7 Å². The van der Waals surface area contributed by atoms with E-state index in [2.05, 4.69) is 10.2 Å². The number of benzene rings is 2. The topological polar surface area (TPSA) is 102 Å². The van der Waals surface area contributed by atoms with Crippen LogP contribution in [0.4, 0.5) is 4.39 Å². The fourth-order valence-corrected chi connectivity index (χ4v) is 3.05. The molecule has 0 atom stereocenters. The van der Waals surface area contributed by atoms with Crippen LogP contribution < -0.4 is 5.32 Å². The van der Waals surface area contributed by atoms with Gasteiger partial charge in [0.25, 0.3) is 15.9 Å². The van der Waals surface area contributed by atoms with Crippen molar-refractivity contribution in [3.8, 4) is 0 Å². The van der Waals surface area contributed by atoms with Crippen LogP contribution in [0.5, 0.6) is 0 Å². The molecular formula is C18H19FN2O6S. The van der Waals surface area contributed by atoms with Gasteiger partial charge in [-0.3, -0.25) is 9.63 Å². The average molecular weight is 410 g/mol. The minimum Gasteiger partial charge on any atom is -0.452 e. The summed E-state index contributed by atoms with van der Waals surface area (Å²) in [5, 5.41) is 2.54. The van der Waals surface area contributed by atoms with E-state index in [9.17, 15) is 22.4 Å². The maximum Gasteiger partial charge on any atom is 0.338 e. The number of nitrogens with zero attached hydrogens (tertiary/aromatic N) is 1. The van der Waals surface area contributed by atoms with E-state index < -0.39 is 28.5 Å². The summed E-state index contributed by atoms with van der Waals surface area (Å²) in [6.45, 7) is -0.345. The van der Waals surface area contributed by atoms with E-state index in [1.54, 1.807) is 0 Å². The van der Waals surface area contributed by atoms with E-state index in [0.717, 1.165) is 0 Å². The van der Waals surface area contributed by atoms with Crippen molar-refractivity contribution in [2.45, 2.75) is 11.4 Å². The van der Waals surface area contributed by atoms with Gasteiger partial charge in [-0.15, -0.1) is 0 Å². The fourth-order valence-electron chi connectivity index (χ4n) is 2.08. The van der Waals surface area contributed by atoms with Gasteiger partial charge in [0.05, 0.1) is 17.6 Å². The molecule has 0 aromatic heterocycles. The molecule has 0 aliphatic rings. The first-order chi connectivity index (χ1) is 13.2. The Kier molecular flexibility index (Phi) is 7.21. The van der Waals surface area contributed by atoms with E-state index in [-0.39, 0.29) is 22.8 Å². The van der Waals surface area contributed by atoms with Gasteiger partial charge in [-0.2, -0.15) is 0 Å². The highest BCUT2D eigenvalue weighted by Crippen LogP contribution is 2.15. The predicted molar refractivity (Wildman–Crippen MR) is 96.9 cm³/mol. The number of nitrogens with one attached hydrogen (secondary N) is 1. The first-order valence-electron chi connectivity index (χ1n) is 8.05. The summed E-state index contributed by atoms with van der Waals surface area (Å²) < 4.78 is 42.6. The lowest BCUT2D eigenvalue weighted by Crippen LogP contribution is -2.28. The minimum atomic E-state index is -3.82. The van der Waals surface area contributed by atoms with Crippen molar-refractivity contribution in [2.24, 2.45) is 0 Å². The molecule has 0 unspecified atom stereocenters. The van der Waals surface area contributed by atoms with Crippen molar-refractivity contribution in [1.29, 1.82) is 0 Å². The zero-order valence-corrected chi connectivity index (χ0v) is 16.0. The zero-order chi connectivity index (χ0) is 20.7. The molecule has 10 heteroatoms. The highest BCUT2D eigenvalue weighted by molar-refractivity contribution is 7.89. The molecule has 1 amide bonds. The summed E-state index contributed by atoms with van der Waals surface area (Å²) in [5.41, 5.74) is 0.782. The van der Waals surface area contributed by atoms with Crippen LogP contribution in [0, 0.1) is 5.82 Å². The Morgan fingerprint density at radius 1 is 1.07 bits per heavy atom. The molecular weight excluding hydrogens is 391 g/mol. The Bertz CT molecular complexity index is 930. The zero-order valence-electron chi connectivity index (χ0n) is 15.2. The second-order valence-corrected chi connectivity index (χ2v) is 7.54. The lowest BCUT2D eigenvalue weighted by molar-refractivity contribution is -0.124.